The fraction of sp³-hybridized carbons (Fsp3) is 0.0164. The van der Waals surface area contributed by atoms with E-state index in [4.69, 9.17) is 9.15 Å². The quantitative estimate of drug-likeness (QED) is 0.166. The Morgan fingerprint density at radius 1 is 0.358 bits per heavy atom. The summed E-state index contributed by atoms with van der Waals surface area (Å²) in [5.74, 6) is 1.51. The van der Waals surface area contributed by atoms with Gasteiger partial charge in [-0.25, -0.2) is 0 Å². The van der Waals surface area contributed by atoms with E-state index in [1.807, 2.05) is 54.6 Å². The maximum Gasteiger partial charge on any atom is 0.171 e. The Bertz CT molecular complexity index is 4260. The first-order valence-electron chi connectivity index (χ1n) is 22.8. The lowest BCUT2D eigenvalue weighted by atomic mass is 9.63. The molecule has 0 radical (unpaired) electrons. The first-order chi connectivity index (χ1) is 33.1. The summed E-state index contributed by atoms with van der Waals surface area (Å²) in [6, 6.07) is 78.8. The van der Waals surface area contributed by atoms with E-state index in [0.29, 0.717) is 5.58 Å². The molecule has 5 nitrogen and oxygen atoms in total. The number of ether oxygens (including phenoxy) is 1. The lowest BCUT2D eigenvalue weighted by molar-refractivity contribution is 0.435. The van der Waals surface area contributed by atoms with Gasteiger partial charge < -0.3 is 22.9 Å². The molecule has 15 rings (SSSR count). The Kier molecular flexibility index (Phi) is 7.36. The van der Waals surface area contributed by atoms with Crippen LogP contribution in [-0.2, 0) is 9.98 Å². The zero-order valence-electron chi connectivity index (χ0n) is 35.9. The Morgan fingerprint density at radius 2 is 0.910 bits per heavy atom. The van der Waals surface area contributed by atoms with Crippen LogP contribution in [0.2, 0.25) is 0 Å². The number of rotatable bonds is 3. The standard InChI is InChI=1S/C61H37N2O3P/c64-67(40-16-2-1-3-17-40)59-29-15-9-23-49(59)61(50-36-46-44-21-7-13-27-55(44)65-57(46)37-60(50)67)47-22-8-14-28-56(47)66-58-35-39(30-32-48(58)61)63-53-26-12-6-20-43(53)45-34-38(31-33-54(45)63)62-51-24-10-4-18-41(51)42-19-5-11-25-52(42)62/h1-37H. The van der Waals surface area contributed by atoms with Gasteiger partial charge in [-0.2, -0.15) is 0 Å². The molecule has 0 bridgehead atoms. The first-order valence-corrected chi connectivity index (χ1v) is 24.5. The number of hydrogen-bond acceptors (Lipinski definition) is 3. The third-order valence-electron chi connectivity index (χ3n) is 14.6. The van der Waals surface area contributed by atoms with Gasteiger partial charge in [-0.15, -0.1) is 0 Å². The summed E-state index contributed by atoms with van der Waals surface area (Å²) in [5, 5.41) is 9.20. The molecule has 2 aliphatic heterocycles. The molecule has 2 atom stereocenters. The lowest BCUT2D eigenvalue weighted by Gasteiger charge is -2.47. The number of aromatic nitrogens is 2. The molecule has 3 aromatic heterocycles. The summed E-state index contributed by atoms with van der Waals surface area (Å²) in [7, 11) is -3.47. The number of hydrogen-bond donors (Lipinski definition) is 0. The Balaban J connectivity index is 1.01. The van der Waals surface area contributed by atoms with Crippen molar-refractivity contribution in [3.8, 4) is 22.9 Å². The summed E-state index contributed by atoms with van der Waals surface area (Å²) in [6.07, 6.45) is 0. The SMILES string of the molecule is O=P1(c2ccccc2)c2ccccc2C2(c3ccccc3Oc3cc(-n4c5ccccc5c5cc(-n6c7ccccc7c7ccccc76)ccc54)ccc32)c2cc3c(cc21)oc1ccccc13. The van der Waals surface area contributed by atoms with Gasteiger partial charge in [-0.3, -0.25) is 0 Å². The third kappa shape index (κ3) is 4.76. The van der Waals surface area contributed by atoms with Crippen molar-refractivity contribution in [3.63, 3.8) is 0 Å². The minimum absolute atomic E-state index is 0.717. The van der Waals surface area contributed by atoms with Crippen LogP contribution < -0.4 is 20.7 Å². The molecule has 0 aliphatic carbocycles. The summed E-state index contributed by atoms with van der Waals surface area (Å²) in [6.45, 7) is 0. The van der Waals surface area contributed by atoms with Gasteiger partial charge in [0.05, 0.1) is 27.5 Å². The van der Waals surface area contributed by atoms with Gasteiger partial charge in [0.2, 0.25) is 0 Å². The minimum Gasteiger partial charge on any atom is -0.457 e. The van der Waals surface area contributed by atoms with Crippen LogP contribution >= 0.6 is 7.14 Å². The number of nitrogens with zero attached hydrogens (tertiary/aromatic N) is 2. The monoisotopic (exact) mass is 876 g/mol. The van der Waals surface area contributed by atoms with Gasteiger partial charge in [0.15, 0.2) is 7.14 Å². The number of para-hydroxylation sites is 5. The van der Waals surface area contributed by atoms with E-state index in [0.717, 1.165) is 88.4 Å². The van der Waals surface area contributed by atoms with E-state index in [-0.39, 0.29) is 0 Å². The zero-order chi connectivity index (χ0) is 44.0. The molecule has 314 valence electrons. The summed E-state index contributed by atoms with van der Waals surface area (Å²) < 4.78 is 35.1. The average molecular weight is 877 g/mol. The second kappa shape index (κ2) is 13.4. The molecule has 0 saturated heterocycles. The normalized spacial score (nSPS) is 17.3. The Labute approximate surface area is 384 Å². The second-order valence-corrected chi connectivity index (χ2v) is 20.6. The highest BCUT2D eigenvalue weighted by Gasteiger charge is 2.55. The molecule has 2 aliphatic rings. The van der Waals surface area contributed by atoms with Gasteiger partial charge >= 0.3 is 0 Å². The van der Waals surface area contributed by atoms with Crippen LogP contribution in [0.3, 0.4) is 0 Å². The van der Waals surface area contributed by atoms with Gasteiger partial charge in [-0.05, 0) is 77.9 Å². The molecular formula is C61H37N2O3P. The third-order valence-corrected chi connectivity index (χ3v) is 17.8. The van der Waals surface area contributed by atoms with Crippen molar-refractivity contribution in [2.24, 2.45) is 0 Å². The molecule has 10 aromatic carbocycles. The highest BCUT2D eigenvalue weighted by atomic mass is 31.2. The van der Waals surface area contributed by atoms with Crippen molar-refractivity contribution >= 4 is 88.6 Å². The number of benzene rings is 10. The average Bonchev–Trinajstić information content (AvgIpc) is 4.04. The van der Waals surface area contributed by atoms with Gasteiger partial charge in [-0.1, -0.05) is 152 Å². The van der Waals surface area contributed by atoms with Crippen LogP contribution in [0.25, 0.3) is 76.9 Å². The molecule has 0 saturated carbocycles. The molecule has 0 amide bonds. The topological polar surface area (TPSA) is 49.3 Å². The first kappa shape index (κ1) is 36.9. The van der Waals surface area contributed by atoms with Crippen LogP contribution in [0.5, 0.6) is 11.5 Å². The van der Waals surface area contributed by atoms with Crippen LogP contribution in [0.15, 0.2) is 229 Å². The molecule has 0 N–H and O–H groups in total. The van der Waals surface area contributed by atoms with Crippen molar-refractivity contribution in [2.75, 3.05) is 0 Å². The molecule has 1 spiro atoms. The van der Waals surface area contributed by atoms with Crippen LogP contribution in [0.1, 0.15) is 22.3 Å². The summed E-state index contributed by atoms with van der Waals surface area (Å²) in [4.78, 5) is 0. The summed E-state index contributed by atoms with van der Waals surface area (Å²) in [5.41, 5.74) is 11.2. The number of furan rings is 1. The molecule has 0 fully saturated rings. The van der Waals surface area contributed by atoms with E-state index >= 15 is 4.57 Å². The van der Waals surface area contributed by atoms with E-state index in [1.54, 1.807) is 0 Å². The molecule has 13 aromatic rings. The highest BCUT2D eigenvalue weighted by molar-refractivity contribution is 7.85. The Hall–Kier alpha value is -8.37. The van der Waals surface area contributed by atoms with Crippen molar-refractivity contribution < 1.29 is 13.7 Å². The largest absolute Gasteiger partial charge is 0.457 e. The fourth-order valence-corrected chi connectivity index (χ4v) is 15.1. The van der Waals surface area contributed by atoms with E-state index in [1.165, 1.54) is 32.6 Å². The summed E-state index contributed by atoms with van der Waals surface area (Å²) >= 11 is 0. The molecular weight excluding hydrogens is 840 g/mol. The van der Waals surface area contributed by atoms with E-state index in [9.17, 15) is 0 Å². The second-order valence-electron chi connectivity index (χ2n) is 17.9. The van der Waals surface area contributed by atoms with Crippen molar-refractivity contribution in [2.45, 2.75) is 5.41 Å². The minimum atomic E-state index is -3.47. The Morgan fingerprint density at radius 3 is 1.66 bits per heavy atom. The van der Waals surface area contributed by atoms with Gasteiger partial charge in [0.1, 0.15) is 22.7 Å². The van der Waals surface area contributed by atoms with E-state index in [2.05, 4.69) is 179 Å². The molecule has 6 heteroatoms. The maximum absolute atomic E-state index is 16.6. The zero-order valence-corrected chi connectivity index (χ0v) is 36.8. The van der Waals surface area contributed by atoms with Crippen molar-refractivity contribution in [3.05, 3.63) is 247 Å². The van der Waals surface area contributed by atoms with Crippen LogP contribution in [-0.4, -0.2) is 9.13 Å². The molecule has 5 heterocycles. The smallest absolute Gasteiger partial charge is 0.171 e. The van der Waals surface area contributed by atoms with Gasteiger partial charge in [0, 0.05) is 76.8 Å². The van der Waals surface area contributed by atoms with E-state index < -0.39 is 12.6 Å². The van der Waals surface area contributed by atoms with Crippen LogP contribution in [0, 0.1) is 0 Å². The fourth-order valence-electron chi connectivity index (χ4n) is 11.9. The highest BCUT2D eigenvalue weighted by Crippen LogP contribution is 2.62. The number of fused-ring (bicyclic) bond motifs is 17. The van der Waals surface area contributed by atoms with Crippen LogP contribution in [0.4, 0.5) is 0 Å². The van der Waals surface area contributed by atoms with Crippen molar-refractivity contribution in [1.29, 1.82) is 0 Å². The lowest BCUT2D eigenvalue weighted by Crippen LogP contribution is -2.48. The predicted molar refractivity (Wildman–Crippen MR) is 274 cm³/mol. The molecule has 2 unspecified atom stereocenters. The van der Waals surface area contributed by atoms with Gasteiger partial charge in [0.25, 0.3) is 0 Å². The van der Waals surface area contributed by atoms with Crippen molar-refractivity contribution in [1.82, 2.24) is 9.13 Å². The maximum atomic E-state index is 16.6. The molecule has 67 heavy (non-hydrogen) atoms. The predicted octanol–water partition coefficient (Wildman–Crippen LogP) is 14.2.